The molecular formula is C8H4BrF2NO. The fourth-order valence-corrected chi connectivity index (χ4v) is 1.69. The summed E-state index contributed by atoms with van der Waals surface area (Å²) < 4.78 is 26.3. The molecule has 0 radical (unpaired) electrons. The third-order valence-corrected chi connectivity index (χ3v) is 2.33. The maximum absolute atomic E-state index is 12.9. The summed E-state index contributed by atoms with van der Waals surface area (Å²) in [5.41, 5.74) is 0.206. The van der Waals surface area contributed by atoms with Crippen molar-refractivity contribution in [3.05, 3.63) is 28.0 Å². The fourth-order valence-electron chi connectivity index (χ4n) is 1.31. The lowest BCUT2D eigenvalue weighted by Gasteiger charge is -2.02. The number of hydrogen-bond donors (Lipinski definition) is 0. The Balaban J connectivity index is 2.57. The molecule has 68 valence electrons. The van der Waals surface area contributed by atoms with Gasteiger partial charge in [0.1, 0.15) is 5.69 Å². The molecule has 13 heavy (non-hydrogen) atoms. The number of pyridine rings is 1. The molecule has 0 saturated carbocycles. The highest BCUT2D eigenvalue weighted by Crippen LogP contribution is 2.33. The van der Waals surface area contributed by atoms with Crippen LogP contribution in [0, 0.1) is 0 Å². The van der Waals surface area contributed by atoms with E-state index in [0.29, 0.717) is 10.0 Å². The van der Waals surface area contributed by atoms with Crippen molar-refractivity contribution >= 4 is 21.7 Å². The van der Waals surface area contributed by atoms with Gasteiger partial charge < -0.3 is 0 Å². The molecule has 0 saturated heterocycles. The van der Waals surface area contributed by atoms with Gasteiger partial charge in [-0.3, -0.25) is 9.78 Å². The van der Waals surface area contributed by atoms with E-state index in [2.05, 4.69) is 20.9 Å². The van der Waals surface area contributed by atoms with Gasteiger partial charge in [-0.05, 0) is 27.6 Å². The molecule has 0 unspecified atom stereocenters. The van der Waals surface area contributed by atoms with E-state index in [4.69, 9.17) is 0 Å². The van der Waals surface area contributed by atoms with Crippen molar-refractivity contribution < 1.29 is 13.6 Å². The zero-order valence-corrected chi connectivity index (χ0v) is 7.94. The number of alkyl halides is 2. The van der Waals surface area contributed by atoms with Crippen LogP contribution >= 0.6 is 15.9 Å². The quantitative estimate of drug-likeness (QED) is 0.704. The summed E-state index contributed by atoms with van der Waals surface area (Å²) in [6.07, 6.45) is 0.811. The summed E-state index contributed by atoms with van der Waals surface area (Å²) in [5, 5.41) is 0. The maximum Gasteiger partial charge on any atom is 0.315 e. The normalized spacial score (nSPS) is 18.8. The Morgan fingerprint density at radius 1 is 1.54 bits per heavy atom. The first-order valence-corrected chi connectivity index (χ1v) is 4.37. The van der Waals surface area contributed by atoms with Crippen LogP contribution in [0.4, 0.5) is 8.78 Å². The van der Waals surface area contributed by atoms with Gasteiger partial charge in [0.05, 0.1) is 0 Å². The van der Waals surface area contributed by atoms with Crippen molar-refractivity contribution in [2.45, 2.75) is 12.3 Å². The molecule has 2 rings (SSSR count). The SMILES string of the molecule is O=C1c2ncc(Br)cc2CC1(F)F. The van der Waals surface area contributed by atoms with Crippen molar-refractivity contribution in [1.29, 1.82) is 0 Å². The van der Waals surface area contributed by atoms with Crippen LogP contribution in [0.1, 0.15) is 16.1 Å². The Morgan fingerprint density at radius 3 is 2.92 bits per heavy atom. The number of aromatic nitrogens is 1. The number of hydrogen-bond acceptors (Lipinski definition) is 2. The average Bonchev–Trinajstić information content (AvgIpc) is 2.22. The highest BCUT2D eigenvalue weighted by atomic mass is 79.9. The predicted octanol–water partition coefficient (Wildman–Crippen LogP) is 2.22. The molecule has 1 aromatic rings. The fraction of sp³-hybridized carbons (Fsp3) is 0.250. The first kappa shape index (κ1) is 8.74. The first-order chi connectivity index (χ1) is 6.00. The summed E-state index contributed by atoms with van der Waals surface area (Å²) in [5.74, 6) is -4.44. The number of ketones is 1. The Morgan fingerprint density at radius 2 is 2.23 bits per heavy atom. The Bertz CT molecular complexity index is 392. The van der Waals surface area contributed by atoms with Crippen molar-refractivity contribution in [2.24, 2.45) is 0 Å². The van der Waals surface area contributed by atoms with Crippen molar-refractivity contribution in [3.8, 4) is 0 Å². The number of fused-ring (bicyclic) bond motifs is 1. The Labute approximate surface area is 81.1 Å². The molecule has 0 atom stereocenters. The van der Waals surface area contributed by atoms with E-state index >= 15 is 0 Å². The first-order valence-electron chi connectivity index (χ1n) is 3.58. The second kappa shape index (κ2) is 2.57. The minimum atomic E-state index is -3.27. The van der Waals surface area contributed by atoms with Gasteiger partial charge >= 0.3 is 5.92 Å². The van der Waals surface area contributed by atoms with Crippen LogP contribution in [0.5, 0.6) is 0 Å². The second-order valence-corrected chi connectivity index (χ2v) is 3.79. The standard InChI is InChI=1S/C8H4BrF2NO/c9-5-1-4-2-8(10,11)7(13)6(4)12-3-5/h1,3H,2H2. The van der Waals surface area contributed by atoms with Crippen molar-refractivity contribution in [1.82, 2.24) is 4.98 Å². The lowest BCUT2D eigenvalue weighted by molar-refractivity contribution is 0.0165. The third kappa shape index (κ3) is 1.27. The van der Waals surface area contributed by atoms with E-state index in [-0.39, 0.29) is 5.69 Å². The number of Topliss-reactive ketones (excluding diaryl/α,β-unsaturated/α-hetero) is 1. The monoisotopic (exact) mass is 247 g/mol. The average molecular weight is 248 g/mol. The number of halogens is 3. The van der Waals surface area contributed by atoms with Gasteiger partial charge in [-0.15, -0.1) is 0 Å². The van der Waals surface area contributed by atoms with E-state index in [9.17, 15) is 13.6 Å². The summed E-state index contributed by atoms with van der Waals surface area (Å²) in [4.78, 5) is 14.7. The van der Waals surface area contributed by atoms with Crippen LogP contribution in [0.2, 0.25) is 0 Å². The molecule has 5 heteroatoms. The topological polar surface area (TPSA) is 30.0 Å². The van der Waals surface area contributed by atoms with Crippen LogP contribution in [-0.4, -0.2) is 16.7 Å². The zero-order valence-electron chi connectivity index (χ0n) is 6.35. The van der Waals surface area contributed by atoms with E-state index < -0.39 is 18.1 Å². The highest BCUT2D eigenvalue weighted by molar-refractivity contribution is 9.10. The molecule has 1 aromatic heterocycles. The number of carbonyl (C=O) groups excluding carboxylic acids is 1. The van der Waals surface area contributed by atoms with Crippen LogP contribution < -0.4 is 0 Å². The predicted molar refractivity (Wildman–Crippen MR) is 44.9 cm³/mol. The van der Waals surface area contributed by atoms with Crippen molar-refractivity contribution in [3.63, 3.8) is 0 Å². The highest BCUT2D eigenvalue weighted by Gasteiger charge is 2.47. The molecule has 0 spiro atoms. The van der Waals surface area contributed by atoms with Gasteiger partial charge in [0, 0.05) is 17.1 Å². The number of rotatable bonds is 0. The molecule has 0 bridgehead atoms. The van der Waals surface area contributed by atoms with Crippen LogP contribution in [0.3, 0.4) is 0 Å². The van der Waals surface area contributed by atoms with E-state index in [0.717, 1.165) is 0 Å². The van der Waals surface area contributed by atoms with Gasteiger partial charge in [-0.25, -0.2) is 0 Å². The van der Waals surface area contributed by atoms with Gasteiger partial charge in [-0.2, -0.15) is 8.78 Å². The van der Waals surface area contributed by atoms with Gasteiger partial charge in [0.25, 0.3) is 5.78 Å². The largest absolute Gasteiger partial charge is 0.315 e. The van der Waals surface area contributed by atoms with Crippen molar-refractivity contribution in [2.75, 3.05) is 0 Å². The molecule has 0 N–H and O–H groups in total. The Hall–Kier alpha value is -0.840. The number of carbonyl (C=O) groups is 1. The third-order valence-electron chi connectivity index (χ3n) is 1.89. The molecule has 2 nitrogen and oxygen atoms in total. The minimum Gasteiger partial charge on any atom is -0.286 e. The molecule has 0 amide bonds. The van der Waals surface area contributed by atoms with E-state index in [1.807, 2.05) is 0 Å². The molecule has 0 aliphatic heterocycles. The van der Waals surface area contributed by atoms with Gasteiger partial charge in [0.15, 0.2) is 0 Å². The van der Waals surface area contributed by atoms with Gasteiger partial charge in [0.2, 0.25) is 0 Å². The summed E-state index contributed by atoms with van der Waals surface area (Å²) in [7, 11) is 0. The van der Waals surface area contributed by atoms with Gasteiger partial charge in [-0.1, -0.05) is 0 Å². The summed E-state index contributed by atoms with van der Waals surface area (Å²) in [6.45, 7) is 0. The zero-order chi connectivity index (χ0) is 9.64. The van der Waals surface area contributed by atoms with Crippen LogP contribution in [-0.2, 0) is 6.42 Å². The molecule has 1 aliphatic rings. The Kier molecular flexibility index (Phi) is 1.73. The van der Waals surface area contributed by atoms with Crippen LogP contribution in [0.15, 0.2) is 16.7 Å². The van der Waals surface area contributed by atoms with Crippen LogP contribution in [0.25, 0.3) is 0 Å². The minimum absolute atomic E-state index is 0.104. The maximum atomic E-state index is 12.9. The molecule has 1 aliphatic carbocycles. The molecular weight excluding hydrogens is 244 g/mol. The summed E-state index contributed by atoms with van der Waals surface area (Å²) in [6, 6.07) is 1.50. The second-order valence-electron chi connectivity index (χ2n) is 2.87. The molecule has 0 aromatic carbocycles. The molecule has 0 fully saturated rings. The summed E-state index contributed by atoms with van der Waals surface area (Å²) >= 11 is 3.10. The van der Waals surface area contributed by atoms with E-state index in [1.165, 1.54) is 12.3 Å². The lowest BCUT2D eigenvalue weighted by Crippen LogP contribution is -2.24. The smallest absolute Gasteiger partial charge is 0.286 e. The lowest BCUT2D eigenvalue weighted by atomic mass is 10.2. The number of nitrogens with zero attached hydrogens (tertiary/aromatic N) is 1. The molecule has 1 heterocycles. The van der Waals surface area contributed by atoms with E-state index in [1.54, 1.807) is 0 Å².